The van der Waals surface area contributed by atoms with Gasteiger partial charge in [0.1, 0.15) is 22.2 Å². The Balaban J connectivity index is 0.000000189. The Kier molecular flexibility index (Phi) is 17.2. The highest BCUT2D eigenvalue weighted by Crippen LogP contribution is 2.36. The maximum atomic E-state index is 12.9. The first-order valence-corrected chi connectivity index (χ1v) is 25.4. The number of carboxylic acid groups (broad SMARTS) is 1. The van der Waals surface area contributed by atoms with E-state index in [1.807, 2.05) is 57.2 Å². The molecule has 19 heteroatoms. The number of hydrogen-bond acceptors (Lipinski definition) is 12. The van der Waals surface area contributed by atoms with E-state index in [-0.39, 0.29) is 35.3 Å². The maximum absolute atomic E-state index is 12.9. The molecule has 372 valence electrons. The smallest absolute Gasteiger partial charge is 0.410 e. The molecule has 8 rings (SSSR count). The number of aryl methyl sites for hydroxylation is 2. The summed E-state index contributed by atoms with van der Waals surface area (Å²) in [5.74, 6) is -0.0440. The van der Waals surface area contributed by atoms with Crippen molar-refractivity contribution < 1.29 is 51.6 Å². The van der Waals surface area contributed by atoms with Crippen LogP contribution in [-0.4, -0.2) is 119 Å². The Morgan fingerprint density at radius 2 is 1.12 bits per heavy atom. The number of fused-ring (bicyclic) bond motifs is 2. The molecule has 2 fully saturated rings. The lowest BCUT2D eigenvalue weighted by Gasteiger charge is -2.38. The summed E-state index contributed by atoms with van der Waals surface area (Å²) in [4.78, 5) is 58.9. The molecule has 2 aliphatic heterocycles. The Morgan fingerprint density at radius 3 is 1.52 bits per heavy atom. The number of carbonyl (C=O) groups excluding carboxylic acids is 3. The molecule has 2 atom stereocenters. The molecule has 0 saturated carbocycles. The van der Waals surface area contributed by atoms with Crippen LogP contribution < -0.4 is 19.3 Å². The predicted molar refractivity (Wildman–Crippen MR) is 263 cm³/mol. The van der Waals surface area contributed by atoms with Crippen molar-refractivity contribution in [2.24, 2.45) is 5.14 Å². The Bertz CT molecular complexity index is 2580. The third-order valence-electron chi connectivity index (χ3n) is 11.8. The number of nitrogens with two attached hydrogens (primary N) is 1. The lowest BCUT2D eigenvalue weighted by atomic mass is 9.91. The van der Waals surface area contributed by atoms with Crippen molar-refractivity contribution in [3.63, 3.8) is 0 Å². The predicted octanol–water partition coefficient (Wildman–Crippen LogP) is 6.29. The number of nitrogens with zero attached hydrogens (tertiary/aromatic N) is 4. The van der Waals surface area contributed by atoms with Gasteiger partial charge in [-0.05, 0) is 148 Å². The Morgan fingerprint density at radius 1 is 0.681 bits per heavy atom. The molecule has 2 aromatic carbocycles. The van der Waals surface area contributed by atoms with Crippen molar-refractivity contribution in [3.8, 4) is 34.0 Å². The fourth-order valence-electron chi connectivity index (χ4n) is 8.46. The van der Waals surface area contributed by atoms with E-state index in [1.54, 1.807) is 47.4 Å². The quantitative estimate of drug-likeness (QED) is 0.150. The molecule has 4 N–H and O–H groups in total. The van der Waals surface area contributed by atoms with Crippen molar-refractivity contribution in [2.75, 3.05) is 40.4 Å². The number of carboxylic acids is 1. The van der Waals surface area contributed by atoms with Gasteiger partial charge in [0, 0.05) is 50.7 Å². The number of pyridine rings is 2. The van der Waals surface area contributed by atoms with Gasteiger partial charge < -0.3 is 33.9 Å². The average molecular weight is 989 g/mol. The number of aliphatic carboxylic acids is 1. The summed E-state index contributed by atoms with van der Waals surface area (Å²) in [5.41, 5.74) is 9.61. The molecule has 4 aliphatic rings. The number of methoxy groups -OCH3 is 2. The van der Waals surface area contributed by atoms with Gasteiger partial charge in [-0.15, -0.1) is 0 Å². The SMILES string of the molecule is CC(C)(C)OC(=O)N1CC(S(N)=O)C1.COc1cc(-c2ccc3c(c2CC(=O)NS(=O)C2CN(C(=O)OC(C)(C)C)C2)CCC3)ccn1.COc1cc(-c2ccc3c(c2CC(=O)O)CCC3)ccn1. The molecule has 2 saturated heterocycles. The number of aromatic nitrogens is 2. The molecule has 17 nitrogen and oxygen atoms in total. The van der Waals surface area contributed by atoms with E-state index in [1.165, 1.54) is 32.1 Å². The minimum atomic E-state index is -1.58. The molecule has 2 unspecified atom stereocenters. The molecule has 3 amide bonds. The molecule has 0 bridgehead atoms. The third-order valence-corrected chi connectivity index (χ3v) is 14.1. The minimum absolute atomic E-state index is 0.0587. The molecule has 69 heavy (non-hydrogen) atoms. The van der Waals surface area contributed by atoms with Crippen LogP contribution in [0.4, 0.5) is 9.59 Å². The lowest BCUT2D eigenvalue weighted by Crippen LogP contribution is -2.58. The van der Waals surface area contributed by atoms with Crippen LogP contribution in [0.5, 0.6) is 11.8 Å². The van der Waals surface area contributed by atoms with Gasteiger partial charge in [-0.25, -0.2) is 28.0 Å². The fraction of sp³-hybridized carbons (Fsp3) is 0.480. The average Bonchev–Trinajstić information content (AvgIpc) is 3.93. The summed E-state index contributed by atoms with van der Waals surface area (Å²) in [7, 11) is 0.240. The molecule has 4 aromatic rings. The van der Waals surface area contributed by atoms with Gasteiger partial charge in [-0.1, -0.05) is 24.3 Å². The third kappa shape index (κ3) is 14.1. The van der Waals surface area contributed by atoms with E-state index in [9.17, 15) is 32.7 Å². The molecule has 2 aliphatic carbocycles. The van der Waals surface area contributed by atoms with Gasteiger partial charge in [0.15, 0.2) is 0 Å². The van der Waals surface area contributed by atoms with Crippen LogP contribution in [0.3, 0.4) is 0 Å². The van der Waals surface area contributed by atoms with Crippen molar-refractivity contribution in [1.29, 1.82) is 0 Å². The number of hydrogen-bond donors (Lipinski definition) is 3. The normalized spacial score (nSPS) is 16.1. The van der Waals surface area contributed by atoms with Crippen LogP contribution in [-0.2, 0) is 79.6 Å². The number of benzene rings is 2. The van der Waals surface area contributed by atoms with Gasteiger partial charge >= 0.3 is 18.2 Å². The first-order valence-electron chi connectivity index (χ1n) is 22.9. The summed E-state index contributed by atoms with van der Waals surface area (Å²) in [6.45, 7) is 12.3. The summed E-state index contributed by atoms with van der Waals surface area (Å²) in [6, 6.07) is 15.8. The molecule has 4 heterocycles. The molecule has 2 aromatic heterocycles. The van der Waals surface area contributed by atoms with Crippen LogP contribution in [0.25, 0.3) is 22.3 Å². The highest BCUT2D eigenvalue weighted by molar-refractivity contribution is 7.84. The van der Waals surface area contributed by atoms with Gasteiger partial charge in [0.2, 0.25) is 17.7 Å². The number of ether oxygens (including phenoxy) is 4. The van der Waals surface area contributed by atoms with Crippen LogP contribution >= 0.6 is 0 Å². The second kappa shape index (κ2) is 22.7. The van der Waals surface area contributed by atoms with E-state index in [0.29, 0.717) is 37.9 Å². The zero-order valence-electron chi connectivity index (χ0n) is 40.6. The van der Waals surface area contributed by atoms with Gasteiger partial charge in [0.05, 0.1) is 48.5 Å². The second-order valence-electron chi connectivity index (χ2n) is 19.3. The van der Waals surface area contributed by atoms with E-state index < -0.39 is 45.2 Å². The summed E-state index contributed by atoms with van der Waals surface area (Å²) in [5, 5.41) is 14.0. The highest BCUT2D eigenvalue weighted by Gasteiger charge is 2.38. The molecular weight excluding hydrogens is 925 g/mol. The first-order chi connectivity index (χ1) is 32.6. The topological polar surface area (TPSA) is 230 Å². The van der Waals surface area contributed by atoms with E-state index in [4.69, 9.17) is 24.1 Å². The number of likely N-dealkylation sites (tertiary alicyclic amines) is 2. The van der Waals surface area contributed by atoms with E-state index >= 15 is 0 Å². The summed E-state index contributed by atoms with van der Waals surface area (Å²) >= 11 is 0. The Labute approximate surface area is 409 Å². The number of carbonyl (C=O) groups is 4. The standard InChI is InChI=1S/C25H31N3O5S.C17H17NO3.C8H16N2O3S/c1-25(2,3)33-24(30)28-14-18(15-28)34(31)27-22(29)13-21-19-7-5-6-16(19)8-9-20(21)17-10-11-26-23(12-17)32-4;1-21-16-9-12(7-8-18-16)14-6-5-11-3-2-4-13(11)15(14)10-17(19)20;1-8(2,3)13-7(11)10-4-6(5-10)14(9)12/h8-12,18H,5-7,13-15H2,1-4H3,(H,27,29);5-9H,2-4,10H2,1H3,(H,19,20);6H,4-5,9H2,1-3H3. The monoisotopic (exact) mass is 988 g/mol. The zero-order chi connectivity index (χ0) is 50.2. The van der Waals surface area contributed by atoms with Crippen molar-refractivity contribution in [1.82, 2.24) is 24.5 Å². The minimum Gasteiger partial charge on any atom is -0.481 e. The van der Waals surface area contributed by atoms with Crippen LogP contribution in [0.2, 0.25) is 0 Å². The van der Waals surface area contributed by atoms with E-state index in [2.05, 4.69) is 26.8 Å². The Hall–Kier alpha value is -5.92. The second-order valence-corrected chi connectivity index (χ2v) is 22.0. The van der Waals surface area contributed by atoms with Crippen molar-refractivity contribution in [2.45, 2.75) is 115 Å². The van der Waals surface area contributed by atoms with Gasteiger partial charge in [0.25, 0.3) is 0 Å². The van der Waals surface area contributed by atoms with Crippen LogP contribution in [0, 0.1) is 0 Å². The first kappa shape index (κ1) is 52.5. The molecule has 0 spiro atoms. The van der Waals surface area contributed by atoms with Gasteiger partial charge in [-0.2, -0.15) is 0 Å². The fourth-order valence-corrected chi connectivity index (χ4v) is 10.2. The summed E-state index contributed by atoms with van der Waals surface area (Å²) < 4.78 is 47.0. The largest absolute Gasteiger partial charge is 0.481 e. The maximum Gasteiger partial charge on any atom is 0.410 e. The zero-order valence-corrected chi connectivity index (χ0v) is 42.3. The van der Waals surface area contributed by atoms with Crippen LogP contribution in [0.15, 0.2) is 60.9 Å². The lowest BCUT2D eigenvalue weighted by molar-refractivity contribution is -0.136. The van der Waals surface area contributed by atoms with Crippen molar-refractivity contribution >= 4 is 46.0 Å². The molecule has 0 radical (unpaired) electrons. The number of rotatable bonds is 11. The van der Waals surface area contributed by atoms with Crippen molar-refractivity contribution in [3.05, 3.63) is 94.3 Å². The number of nitrogens with one attached hydrogen (secondary N) is 1. The van der Waals surface area contributed by atoms with Gasteiger partial charge in [-0.3, -0.25) is 19.5 Å². The highest BCUT2D eigenvalue weighted by atomic mass is 32.2. The summed E-state index contributed by atoms with van der Waals surface area (Å²) in [6.07, 6.45) is 8.87. The number of amides is 3. The van der Waals surface area contributed by atoms with Crippen LogP contribution in [0.1, 0.15) is 87.8 Å². The van der Waals surface area contributed by atoms with E-state index in [0.717, 1.165) is 71.9 Å². The molecular formula is C50H64N6O11S2.